The fourth-order valence-electron chi connectivity index (χ4n) is 1.29. The molecule has 0 N–H and O–H groups in total. The Morgan fingerprint density at radius 2 is 1.88 bits per heavy atom. The van der Waals surface area contributed by atoms with Crippen LogP contribution in [0.5, 0.6) is 5.75 Å². The van der Waals surface area contributed by atoms with Gasteiger partial charge in [0.25, 0.3) is 0 Å². The summed E-state index contributed by atoms with van der Waals surface area (Å²) in [6.07, 6.45) is 1.03. The van der Waals surface area contributed by atoms with Crippen LogP contribution in [0.2, 0.25) is 5.02 Å². The van der Waals surface area contributed by atoms with Crippen LogP contribution in [0.3, 0.4) is 0 Å². The van der Waals surface area contributed by atoms with Crippen molar-refractivity contribution < 1.29 is 22.7 Å². The number of halogens is 1. The van der Waals surface area contributed by atoms with E-state index in [1.165, 1.54) is 26.4 Å². The number of carbonyl (C=O) groups is 1. The minimum Gasteiger partial charge on any atom is -0.494 e. The summed E-state index contributed by atoms with van der Waals surface area (Å²) in [5.41, 5.74) is 0.0541. The first-order valence-electron chi connectivity index (χ1n) is 4.47. The van der Waals surface area contributed by atoms with Crippen LogP contribution in [-0.4, -0.2) is 34.9 Å². The van der Waals surface area contributed by atoms with Gasteiger partial charge < -0.3 is 9.47 Å². The second-order valence-corrected chi connectivity index (χ2v) is 5.58. The minimum atomic E-state index is -3.48. The Morgan fingerprint density at radius 3 is 2.29 bits per heavy atom. The molecule has 0 heterocycles. The van der Waals surface area contributed by atoms with Crippen molar-refractivity contribution in [3.05, 3.63) is 22.7 Å². The molecule has 1 aromatic rings. The molecule has 0 saturated heterocycles. The van der Waals surface area contributed by atoms with Crippen molar-refractivity contribution in [2.75, 3.05) is 20.5 Å². The maximum atomic E-state index is 11.5. The van der Waals surface area contributed by atoms with E-state index in [4.69, 9.17) is 16.3 Å². The van der Waals surface area contributed by atoms with Gasteiger partial charge in [-0.3, -0.25) is 0 Å². The maximum absolute atomic E-state index is 11.5. The van der Waals surface area contributed by atoms with Crippen molar-refractivity contribution >= 4 is 27.4 Å². The van der Waals surface area contributed by atoms with Gasteiger partial charge in [0, 0.05) is 6.26 Å². The molecule has 0 radical (unpaired) electrons. The van der Waals surface area contributed by atoms with Gasteiger partial charge in [0.15, 0.2) is 15.6 Å². The topological polar surface area (TPSA) is 69.7 Å². The third kappa shape index (κ3) is 2.70. The van der Waals surface area contributed by atoms with Crippen LogP contribution in [0.1, 0.15) is 10.4 Å². The van der Waals surface area contributed by atoms with E-state index in [9.17, 15) is 13.2 Å². The van der Waals surface area contributed by atoms with E-state index < -0.39 is 15.8 Å². The molecule has 0 bridgehead atoms. The zero-order chi connectivity index (χ0) is 13.2. The molecule has 0 saturated carbocycles. The van der Waals surface area contributed by atoms with Crippen molar-refractivity contribution in [3.63, 3.8) is 0 Å². The summed E-state index contributed by atoms with van der Waals surface area (Å²) < 4.78 is 32.4. The van der Waals surface area contributed by atoms with Gasteiger partial charge in [-0.2, -0.15) is 0 Å². The first-order valence-corrected chi connectivity index (χ1v) is 6.74. The van der Waals surface area contributed by atoms with Crippen LogP contribution in [0.25, 0.3) is 0 Å². The molecule has 0 aromatic heterocycles. The number of carbonyl (C=O) groups excluding carboxylic acids is 1. The largest absolute Gasteiger partial charge is 0.494 e. The van der Waals surface area contributed by atoms with Crippen molar-refractivity contribution in [1.29, 1.82) is 0 Å². The smallest absolute Gasteiger partial charge is 0.339 e. The van der Waals surface area contributed by atoms with E-state index in [1.807, 2.05) is 0 Å². The number of methoxy groups -OCH3 is 2. The number of hydrogen-bond acceptors (Lipinski definition) is 5. The quantitative estimate of drug-likeness (QED) is 0.785. The Balaban J connectivity index is 3.54. The van der Waals surface area contributed by atoms with Crippen LogP contribution in [-0.2, 0) is 14.6 Å². The highest BCUT2D eigenvalue weighted by Gasteiger charge is 2.22. The highest BCUT2D eigenvalue weighted by molar-refractivity contribution is 7.90. The number of ether oxygens (including phenoxy) is 2. The summed E-state index contributed by atoms with van der Waals surface area (Å²) in [5, 5.41) is -0.0812. The Bertz CT molecular complexity index is 550. The third-order valence-corrected chi connectivity index (χ3v) is 3.57. The molecule has 7 heteroatoms. The first kappa shape index (κ1) is 13.8. The predicted octanol–water partition coefficient (Wildman–Crippen LogP) is 1.54. The monoisotopic (exact) mass is 278 g/mol. The van der Waals surface area contributed by atoms with Gasteiger partial charge in [0.2, 0.25) is 0 Å². The summed E-state index contributed by atoms with van der Waals surface area (Å²) in [4.78, 5) is 11.3. The summed E-state index contributed by atoms with van der Waals surface area (Å²) in [6.45, 7) is 0. The van der Waals surface area contributed by atoms with Gasteiger partial charge in [0.1, 0.15) is 4.90 Å². The fraction of sp³-hybridized carbons (Fsp3) is 0.300. The number of hydrogen-bond donors (Lipinski definition) is 0. The lowest BCUT2D eigenvalue weighted by atomic mass is 10.2. The zero-order valence-electron chi connectivity index (χ0n) is 9.48. The summed E-state index contributed by atoms with van der Waals surface area (Å²) in [5.74, 6) is -0.717. The van der Waals surface area contributed by atoms with Crippen LogP contribution < -0.4 is 4.74 Å². The normalized spacial score (nSPS) is 11.1. The standard InChI is InChI=1S/C10H11ClO5S/c1-15-9-7(17(3,13)14)5-4-6(8(9)11)10(12)16-2/h4-5H,1-3H3. The highest BCUT2D eigenvalue weighted by atomic mass is 35.5. The number of rotatable bonds is 3. The van der Waals surface area contributed by atoms with Crippen LogP contribution in [0.4, 0.5) is 0 Å². The lowest BCUT2D eigenvalue weighted by Gasteiger charge is -2.11. The van der Waals surface area contributed by atoms with Crippen molar-refractivity contribution in [2.45, 2.75) is 4.90 Å². The predicted molar refractivity (Wildman–Crippen MR) is 62.5 cm³/mol. The van der Waals surface area contributed by atoms with Gasteiger partial charge >= 0.3 is 5.97 Å². The molecule has 0 amide bonds. The molecule has 1 rings (SSSR count). The molecule has 0 aliphatic rings. The third-order valence-electron chi connectivity index (χ3n) is 2.07. The van der Waals surface area contributed by atoms with E-state index in [1.54, 1.807) is 0 Å². The van der Waals surface area contributed by atoms with Crippen molar-refractivity contribution in [3.8, 4) is 5.75 Å². The van der Waals surface area contributed by atoms with E-state index >= 15 is 0 Å². The Hall–Kier alpha value is -1.27. The molecular formula is C10H11ClO5S. The minimum absolute atomic E-state index is 0.0541. The number of esters is 1. The lowest BCUT2D eigenvalue weighted by molar-refractivity contribution is 0.0600. The Morgan fingerprint density at radius 1 is 1.29 bits per heavy atom. The molecule has 94 valence electrons. The van der Waals surface area contributed by atoms with Crippen LogP contribution >= 0.6 is 11.6 Å². The molecule has 0 unspecified atom stereocenters. The first-order chi connectivity index (χ1) is 7.82. The molecule has 0 aliphatic heterocycles. The van der Waals surface area contributed by atoms with Crippen molar-refractivity contribution in [2.24, 2.45) is 0 Å². The zero-order valence-corrected chi connectivity index (χ0v) is 11.1. The average molecular weight is 279 g/mol. The molecule has 0 aliphatic carbocycles. The van der Waals surface area contributed by atoms with E-state index in [0.717, 1.165) is 6.26 Å². The highest BCUT2D eigenvalue weighted by Crippen LogP contribution is 2.35. The molecule has 0 atom stereocenters. The van der Waals surface area contributed by atoms with Gasteiger partial charge in [0.05, 0.1) is 24.8 Å². The molecule has 5 nitrogen and oxygen atoms in total. The Labute approximate surface area is 104 Å². The van der Waals surface area contributed by atoms with Gasteiger partial charge in [-0.1, -0.05) is 11.6 Å². The second-order valence-electron chi connectivity index (χ2n) is 3.22. The second kappa shape index (κ2) is 4.93. The summed E-state index contributed by atoms with van der Waals surface area (Å²) >= 11 is 5.90. The molecule has 17 heavy (non-hydrogen) atoms. The molecule has 0 fully saturated rings. The van der Waals surface area contributed by atoms with Crippen LogP contribution in [0.15, 0.2) is 17.0 Å². The lowest BCUT2D eigenvalue weighted by Crippen LogP contribution is -2.07. The molecule has 0 spiro atoms. The number of sulfone groups is 1. The molecular weight excluding hydrogens is 268 g/mol. The van der Waals surface area contributed by atoms with Gasteiger partial charge in [-0.15, -0.1) is 0 Å². The van der Waals surface area contributed by atoms with Crippen molar-refractivity contribution in [1.82, 2.24) is 0 Å². The summed E-state index contributed by atoms with van der Waals surface area (Å²) in [7, 11) is -1.00. The average Bonchev–Trinajstić information content (AvgIpc) is 2.26. The molecule has 1 aromatic carbocycles. The van der Waals surface area contributed by atoms with E-state index in [-0.39, 0.29) is 21.2 Å². The van der Waals surface area contributed by atoms with E-state index in [2.05, 4.69) is 4.74 Å². The van der Waals surface area contributed by atoms with Gasteiger partial charge in [-0.25, -0.2) is 13.2 Å². The summed E-state index contributed by atoms with van der Waals surface area (Å²) in [6, 6.07) is 2.54. The fourth-order valence-corrected chi connectivity index (χ4v) is 2.50. The Kier molecular flexibility index (Phi) is 4.00. The maximum Gasteiger partial charge on any atom is 0.339 e. The number of benzene rings is 1. The SMILES string of the molecule is COC(=O)c1ccc(S(C)(=O)=O)c(OC)c1Cl. The van der Waals surface area contributed by atoms with Crippen LogP contribution in [0, 0.1) is 0 Å². The van der Waals surface area contributed by atoms with Gasteiger partial charge in [-0.05, 0) is 12.1 Å². The van der Waals surface area contributed by atoms with E-state index in [0.29, 0.717) is 0 Å².